The lowest BCUT2D eigenvalue weighted by Crippen LogP contribution is -2.32. The molecule has 0 spiro atoms. The Kier molecular flexibility index (Phi) is 6.13. The molecule has 0 saturated carbocycles. The zero-order valence-corrected chi connectivity index (χ0v) is 13.3. The van der Waals surface area contributed by atoms with Gasteiger partial charge in [-0.3, -0.25) is 0 Å². The number of hydrogen-bond donors (Lipinski definition) is 1. The molecule has 0 aromatic heterocycles. The highest BCUT2D eigenvalue weighted by molar-refractivity contribution is 4.83. The average molecular weight is 255 g/mol. The summed E-state index contributed by atoms with van der Waals surface area (Å²) >= 11 is 0. The van der Waals surface area contributed by atoms with E-state index in [4.69, 9.17) is 4.74 Å². The maximum Gasteiger partial charge on any atom is 0.0631 e. The van der Waals surface area contributed by atoms with Crippen molar-refractivity contribution < 1.29 is 4.74 Å². The second kappa shape index (κ2) is 6.91. The van der Waals surface area contributed by atoms with E-state index in [-0.39, 0.29) is 5.60 Å². The molecule has 2 atom stereocenters. The Morgan fingerprint density at radius 1 is 1.17 bits per heavy atom. The van der Waals surface area contributed by atoms with Gasteiger partial charge in [0.15, 0.2) is 0 Å². The quantitative estimate of drug-likeness (QED) is 0.746. The Morgan fingerprint density at radius 3 is 2.28 bits per heavy atom. The van der Waals surface area contributed by atoms with Gasteiger partial charge in [-0.1, -0.05) is 27.7 Å². The summed E-state index contributed by atoms with van der Waals surface area (Å²) in [5, 5.41) is 3.61. The number of hydrogen-bond acceptors (Lipinski definition) is 2. The van der Waals surface area contributed by atoms with Crippen LogP contribution in [-0.2, 0) is 4.74 Å². The van der Waals surface area contributed by atoms with Crippen molar-refractivity contribution in [1.82, 2.24) is 5.32 Å². The number of ether oxygens (including phenoxy) is 1. The molecule has 1 rings (SSSR count). The van der Waals surface area contributed by atoms with Gasteiger partial charge in [0.25, 0.3) is 0 Å². The molecule has 1 fully saturated rings. The molecule has 0 radical (unpaired) electrons. The maximum absolute atomic E-state index is 6.13. The van der Waals surface area contributed by atoms with Gasteiger partial charge < -0.3 is 10.1 Å². The molecule has 0 amide bonds. The van der Waals surface area contributed by atoms with Gasteiger partial charge in [-0.15, -0.1) is 0 Å². The van der Waals surface area contributed by atoms with Crippen molar-refractivity contribution >= 4 is 0 Å². The first-order chi connectivity index (χ1) is 8.30. The van der Waals surface area contributed by atoms with Crippen LogP contribution in [0.3, 0.4) is 0 Å². The van der Waals surface area contributed by atoms with Gasteiger partial charge in [-0.05, 0) is 64.0 Å². The molecule has 1 aliphatic rings. The first-order valence-electron chi connectivity index (χ1n) is 7.68. The number of nitrogens with one attached hydrogen (secondary N) is 1. The molecule has 0 bridgehead atoms. The summed E-state index contributed by atoms with van der Waals surface area (Å²) in [6.45, 7) is 15.9. The van der Waals surface area contributed by atoms with Gasteiger partial charge in [-0.25, -0.2) is 0 Å². The third kappa shape index (κ3) is 5.71. The smallest absolute Gasteiger partial charge is 0.0631 e. The summed E-state index contributed by atoms with van der Waals surface area (Å²) in [6, 6.07) is 0. The molecular formula is C16H33NO. The molecule has 18 heavy (non-hydrogen) atoms. The van der Waals surface area contributed by atoms with E-state index < -0.39 is 0 Å². The molecule has 1 aliphatic heterocycles. The van der Waals surface area contributed by atoms with Gasteiger partial charge in [0, 0.05) is 0 Å². The van der Waals surface area contributed by atoms with Crippen LogP contribution in [0.15, 0.2) is 0 Å². The van der Waals surface area contributed by atoms with Crippen molar-refractivity contribution in [2.75, 3.05) is 13.1 Å². The van der Waals surface area contributed by atoms with Crippen molar-refractivity contribution in [2.45, 2.75) is 72.5 Å². The molecule has 0 aromatic carbocycles. The van der Waals surface area contributed by atoms with Crippen molar-refractivity contribution in [1.29, 1.82) is 0 Å². The SMILES string of the molecule is CC(C)CNCC(CC1CCC(C)(C)O1)C(C)C. The third-order valence-corrected chi connectivity index (χ3v) is 4.02. The van der Waals surface area contributed by atoms with E-state index in [0.29, 0.717) is 6.10 Å². The summed E-state index contributed by atoms with van der Waals surface area (Å²) < 4.78 is 6.13. The molecule has 2 heteroatoms. The van der Waals surface area contributed by atoms with E-state index in [1.54, 1.807) is 0 Å². The molecule has 0 aromatic rings. The van der Waals surface area contributed by atoms with E-state index in [2.05, 4.69) is 46.9 Å². The highest BCUT2D eigenvalue weighted by Crippen LogP contribution is 2.33. The molecule has 108 valence electrons. The van der Waals surface area contributed by atoms with Crippen LogP contribution in [0.1, 0.15) is 60.8 Å². The van der Waals surface area contributed by atoms with Crippen LogP contribution in [0.5, 0.6) is 0 Å². The fourth-order valence-corrected chi connectivity index (χ4v) is 2.73. The predicted molar refractivity (Wildman–Crippen MR) is 78.8 cm³/mol. The van der Waals surface area contributed by atoms with Crippen LogP contribution < -0.4 is 5.32 Å². The fraction of sp³-hybridized carbons (Fsp3) is 1.00. The van der Waals surface area contributed by atoms with E-state index in [1.165, 1.54) is 19.3 Å². The third-order valence-electron chi connectivity index (χ3n) is 4.02. The molecule has 2 nitrogen and oxygen atoms in total. The van der Waals surface area contributed by atoms with E-state index in [1.807, 2.05) is 0 Å². The summed E-state index contributed by atoms with van der Waals surface area (Å²) in [5.41, 5.74) is 0.109. The van der Waals surface area contributed by atoms with Crippen LogP contribution in [0.25, 0.3) is 0 Å². The summed E-state index contributed by atoms with van der Waals surface area (Å²) in [4.78, 5) is 0. The normalized spacial score (nSPS) is 25.0. The van der Waals surface area contributed by atoms with Crippen LogP contribution in [-0.4, -0.2) is 24.8 Å². The van der Waals surface area contributed by atoms with Crippen LogP contribution in [0.4, 0.5) is 0 Å². The average Bonchev–Trinajstić information content (AvgIpc) is 2.56. The van der Waals surface area contributed by atoms with Crippen LogP contribution in [0, 0.1) is 17.8 Å². The van der Waals surface area contributed by atoms with Crippen molar-refractivity contribution in [3.63, 3.8) is 0 Å². The van der Waals surface area contributed by atoms with E-state index >= 15 is 0 Å². The van der Waals surface area contributed by atoms with Crippen molar-refractivity contribution in [2.24, 2.45) is 17.8 Å². The van der Waals surface area contributed by atoms with Gasteiger partial charge in [-0.2, -0.15) is 0 Å². The largest absolute Gasteiger partial charge is 0.372 e. The highest BCUT2D eigenvalue weighted by atomic mass is 16.5. The minimum atomic E-state index is 0.109. The molecule has 0 aliphatic carbocycles. The minimum Gasteiger partial charge on any atom is -0.372 e. The zero-order valence-electron chi connectivity index (χ0n) is 13.3. The first kappa shape index (κ1) is 16.0. The fourth-order valence-electron chi connectivity index (χ4n) is 2.73. The molecule has 1 heterocycles. The van der Waals surface area contributed by atoms with Gasteiger partial charge in [0.1, 0.15) is 0 Å². The molecule has 1 saturated heterocycles. The van der Waals surface area contributed by atoms with E-state index in [0.717, 1.165) is 30.8 Å². The Bertz CT molecular complexity index is 235. The lowest BCUT2D eigenvalue weighted by molar-refractivity contribution is -0.0270. The monoisotopic (exact) mass is 255 g/mol. The molecule has 2 unspecified atom stereocenters. The lowest BCUT2D eigenvalue weighted by Gasteiger charge is -2.26. The van der Waals surface area contributed by atoms with Gasteiger partial charge in [0.2, 0.25) is 0 Å². The van der Waals surface area contributed by atoms with Gasteiger partial charge in [0.05, 0.1) is 11.7 Å². The standard InChI is InChI=1S/C16H33NO/c1-12(2)10-17-11-14(13(3)4)9-15-7-8-16(5,6)18-15/h12-15,17H,7-11H2,1-6H3. The van der Waals surface area contributed by atoms with Gasteiger partial charge >= 0.3 is 0 Å². The summed E-state index contributed by atoms with van der Waals surface area (Å²) in [6.07, 6.45) is 4.14. The second-order valence-corrected chi connectivity index (χ2v) is 7.33. The highest BCUT2D eigenvalue weighted by Gasteiger charge is 2.33. The zero-order chi connectivity index (χ0) is 13.8. The Hall–Kier alpha value is -0.0800. The van der Waals surface area contributed by atoms with Crippen LogP contribution >= 0.6 is 0 Å². The molecule has 1 N–H and O–H groups in total. The Balaban J connectivity index is 2.34. The summed E-state index contributed by atoms with van der Waals surface area (Å²) in [7, 11) is 0. The Morgan fingerprint density at radius 2 is 1.83 bits per heavy atom. The topological polar surface area (TPSA) is 21.3 Å². The minimum absolute atomic E-state index is 0.109. The molecular weight excluding hydrogens is 222 g/mol. The summed E-state index contributed by atoms with van der Waals surface area (Å²) in [5.74, 6) is 2.21. The second-order valence-electron chi connectivity index (χ2n) is 7.33. The predicted octanol–water partition coefficient (Wildman–Crippen LogP) is 3.85. The Labute approximate surface area is 114 Å². The van der Waals surface area contributed by atoms with Crippen LogP contribution in [0.2, 0.25) is 0 Å². The van der Waals surface area contributed by atoms with E-state index in [9.17, 15) is 0 Å². The maximum atomic E-state index is 6.13. The lowest BCUT2D eigenvalue weighted by atomic mass is 9.89. The first-order valence-corrected chi connectivity index (χ1v) is 7.68. The van der Waals surface area contributed by atoms with Crippen molar-refractivity contribution in [3.8, 4) is 0 Å². The number of rotatable bonds is 7. The van der Waals surface area contributed by atoms with Crippen molar-refractivity contribution in [3.05, 3.63) is 0 Å².